The van der Waals surface area contributed by atoms with Crippen LogP contribution >= 0.6 is 0 Å². The highest BCUT2D eigenvalue weighted by Gasteiger charge is 2.21. The molecule has 0 saturated carbocycles. The fourth-order valence-corrected chi connectivity index (χ4v) is 1.53. The molecule has 0 aliphatic heterocycles. The maximum absolute atomic E-state index is 11.7. The van der Waals surface area contributed by atoms with E-state index in [2.05, 4.69) is 5.32 Å². The second-order valence-corrected chi connectivity index (χ2v) is 4.00. The number of hydrogen-bond acceptors (Lipinski definition) is 2. The van der Waals surface area contributed by atoms with Crippen molar-refractivity contribution in [2.24, 2.45) is 11.7 Å². The summed E-state index contributed by atoms with van der Waals surface area (Å²) < 4.78 is 0. The monoisotopic (exact) mass is 234 g/mol. The summed E-state index contributed by atoms with van der Waals surface area (Å²) >= 11 is 0. The zero-order chi connectivity index (χ0) is 12.8. The molecule has 0 spiro atoms. The van der Waals surface area contributed by atoms with Crippen LogP contribution in [0.2, 0.25) is 0 Å². The Morgan fingerprint density at radius 1 is 1.29 bits per heavy atom. The molecule has 0 fully saturated rings. The van der Waals surface area contributed by atoms with Crippen molar-refractivity contribution in [3.05, 3.63) is 35.9 Å². The molecule has 0 bridgehead atoms. The highest BCUT2D eigenvalue weighted by Crippen LogP contribution is 2.16. The van der Waals surface area contributed by atoms with Crippen molar-refractivity contribution in [1.82, 2.24) is 5.32 Å². The molecule has 3 N–H and O–H groups in total. The lowest BCUT2D eigenvalue weighted by atomic mass is 10.0. The fourth-order valence-electron chi connectivity index (χ4n) is 1.53. The van der Waals surface area contributed by atoms with Gasteiger partial charge in [0.15, 0.2) is 0 Å². The Morgan fingerprint density at radius 3 is 2.35 bits per heavy atom. The second-order valence-electron chi connectivity index (χ2n) is 4.00. The predicted octanol–water partition coefficient (Wildman–Crippen LogP) is 1.38. The van der Waals surface area contributed by atoms with Gasteiger partial charge >= 0.3 is 0 Å². The molecule has 0 heterocycles. The number of carbonyl (C=O) groups excluding carboxylic acids is 2. The van der Waals surface area contributed by atoms with E-state index < -0.39 is 11.8 Å². The molecule has 17 heavy (non-hydrogen) atoms. The fraction of sp³-hybridized carbons (Fsp3) is 0.385. The van der Waals surface area contributed by atoms with Gasteiger partial charge in [-0.3, -0.25) is 9.59 Å². The first-order chi connectivity index (χ1) is 8.06. The molecule has 0 aliphatic rings. The summed E-state index contributed by atoms with van der Waals surface area (Å²) in [5, 5.41) is 2.82. The smallest absolute Gasteiger partial charge is 0.232 e. The van der Waals surface area contributed by atoms with Crippen molar-refractivity contribution >= 4 is 11.8 Å². The summed E-state index contributed by atoms with van der Waals surface area (Å²) in [7, 11) is 0. The molecule has 1 rings (SSSR count). The van der Waals surface area contributed by atoms with Gasteiger partial charge in [-0.1, -0.05) is 37.3 Å². The van der Waals surface area contributed by atoms with Gasteiger partial charge in [-0.25, -0.2) is 0 Å². The molecule has 2 atom stereocenters. The minimum Gasteiger partial charge on any atom is -0.369 e. The number of benzene rings is 1. The van der Waals surface area contributed by atoms with Gasteiger partial charge in [-0.2, -0.15) is 0 Å². The van der Waals surface area contributed by atoms with Crippen LogP contribution in [0.4, 0.5) is 0 Å². The maximum Gasteiger partial charge on any atom is 0.232 e. The van der Waals surface area contributed by atoms with Gasteiger partial charge in [0.05, 0.1) is 6.04 Å². The summed E-state index contributed by atoms with van der Waals surface area (Å²) in [5.41, 5.74) is 6.12. The van der Waals surface area contributed by atoms with Crippen molar-refractivity contribution in [1.29, 1.82) is 0 Å². The largest absolute Gasteiger partial charge is 0.369 e. The van der Waals surface area contributed by atoms with Crippen LogP contribution in [0.15, 0.2) is 30.3 Å². The van der Waals surface area contributed by atoms with Gasteiger partial charge in [-0.05, 0) is 18.9 Å². The molecule has 4 heteroatoms. The number of hydrogen-bond donors (Lipinski definition) is 2. The van der Waals surface area contributed by atoms with E-state index in [0.717, 1.165) is 12.0 Å². The Bertz CT molecular complexity index is 390. The molecule has 0 aliphatic carbocycles. The molecule has 4 nitrogen and oxygen atoms in total. The van der Waals surface area contributed by atoms with Gasteiger partial charge in [-0.15, -0.1) is 0 Å². The Hall–Kier alpha value is -1.84. The SMILES string of the molecule is CC[C@@H](NC(=O)[C@@H](C)C(N)=O)c1ccccc1. The summed E-state index contributed by atoms with van der Waals surface area (Å²) in [6.45, 7) is 3.49. The topological polar surface area (TPSA) is 72.2 Å². The third kappa shape index (κ3) is 3.59. The summed E-state index contributed by atoms with van der Waals surface area (Å²) in [4.78, 5) is 22.6. The average molecular weight is 234 g/mol. The molecular weight excluding hydrogens is 216 g/mol. The second kappa shape index (κ2) is 6.03. The van der Waals surface area contributed by atoms with Crippen LogP contribution in [0.1, 0.15) is 31.9 Å². The van der Waals surface area contributed by atoms with Crippen LogP contribution in [0, 0.1) is 5.92 Å². The first-order valence-corrected chi connectivity index (χ1v) is 5.71. The number of rotatable bonds is 5. The van der Waals surface area contributed by atoms with Crippen LogP contribution < -0.4 is 11.1 Å². The van der Waals surface area contributed by atoms with Crippen molar-refractivity contribution < 1.29 is 9.59 Å². The van der Waals surface area contributed by atoms with E-state index in [1.807, 2.05) is 37.3 Å². The lowest BCUT2D eigenvalue weighted by molar-refractivity contribution is -0.133. The molecule has 92 valence electrons. The lowest BCUT2D eigenvalue weighted by Gasteiger charge is -2.19. The molecule has 1 aromatic rings. The third-order valence-corrected chi connectivity index (χ3v) is 2.75. The van der Waals surface area contributed by atoms with Gasteiger partial charge < -0.3 is 11.1 Å². The van der Waals surface area contributed by atoms with Crippen LogP contribution in [0.3, 0.4) is 0 Å². The third-order valence-electron chi connectivity index (χ3n) is 2.75. The van der Waals surface area contributed by atoms with E-state index in [-0.39, 0.29) is 11.9 Å². The van der Waals surface area contributed by atoms with Gasteiger partial charge in [0, 0.05) is 0 Å². The van der Waals surface area contributed by atoms with E-state index in [1.54, 1.807) is 0 Å². The summed E-state index contributed by atoms with van der Waals surface area (Å²) in [6.07, 6.45) is 0.765. The van der Waals surface area contributed by atoms with Gasteiger partial charge in [0.1, 0.15) is 5.92 Å². The molecular formula is C13H18N2O2. The van der Waals surface area contributed by atoms with Crippen LogP contribution in [0.5, 0.6) is 0 Å². The molecule has 1 aromatic carbocycles. The lowest BCUT2D eigenvalue weighted by Crippen LogP contribution is -2.38. The van der Waals surface area contributed by atoms with E-state index in [9.17, 15) is 9.59 Å². The van der Waals surface area contributed by atoms with Crippen molar-refractivity contribution in [3.63, 3.8) is 0 Å². The highest BCUT2D eigenvalue weighted by molar-refractivity contribution is 5.99. The predicted molar refractivity (Wildman–Crippen MR) is 66.0 cm³/mol. The summed E-state index contributed by atoms with van der Waals surface area (Å²) in [6, 6.07) is 9.57. The number of nitrogens with two attached hydrogens (primary N) is 1. The Morgan fingerprint density at radius 2 is 1.88 bits per heavy atom. The van der Waals surface area contributed by atoms with Crippen molar-refractivity contribution in [2.75, 3.05) is 0 Å². The minimum absolute atomic E-state index is 0.0782. The number of amides is 2. The standard InChI is InChI=1S/C13H18N2O2/c1-3-11(10-7-5-4-6-8-10)15-13(17)9(2)12(14)16/h4-9,11H,3H2,1-2H3,(H2,14,16)(H,15,17)/t9-,11+/m0/s1. The molecule has 0 unspecified atom stereocenters. The van der Waals surface area contributed by atoms with Crippen LogP contribution in [-0.4, -0.2) is 11.8 Å². The minimum atomic E-state index is -0.798. The molecule has 2 amide bonds. The Labute approximate surface area is 101 Å². The maximum atomic E-state index is 11.7. The van der Waals surface area contributed by atoms with E-state index in [4.69, 9.17) is 5.73 Å². The Balaban J connectivity index is 2.71. The average Bonchev–Trinajstić information content (AvgIpc) is 2.35. The zero-order valence-corrected chi connectivity index (χ0v) is 10.1. The van der Waals surface area contributed by atoms with Gasteiger partial charge in [0.2, 0.25) is 11.8 Å². The van der Waals surface area contributed by atoms with E-state index in [0.29, 0.717) is 0 Å². The van der Waals surface area contributed by atoms with Crippen LogP contribution in [-0.2, 0) is 9.59 Å². The normalized spacial score (nSPS) is 13.8. The highest BCUT2D eigenvalue weighted by atomic mass is 16.2. The number of primary amides is 1. The van der Waals surface area contributed by atoms with Crippen molar-refractivity contribution in [3.8, 4) is 0 Å². The van der Waals surface area contributed by atoms with E-state index in [1.165, 1.54) is 6.92 Å². The van der Waals surface area contributed by atoms with Crippen molar-refractivity contribution in [2.45, 2.75) is 26.3 Å². The zero-order valence-electron chi connectivity index (χ0n) is 10.1. The van der Waals surface area contributed by atoms with E-state index >= 15 is 0 Å². The summed E-state index contributed by atoms with van der Waals surface area (Å²) in [5.74, 6) is -1.73. The number of nitrogens with one attached hydrogen (secondary N) is 1. The van der Waals surface area contributed by atoms with Crippen LogP contribution in [0.25, 0.3) is 0 Å². The molecule has 0 aromatic heterocycles. The Kier molecular flexibility index (Phi) is 4.69. The molecule has 0 saturated heterocycles. The number of carbonyl (C=O) groups is 2. The first kappa shape index (κ1) is 13.2. The quantitative estimate of drug-likeness (QED) is 0.755. The molecule has 0 radical (unpaired) electrons. The van der Waals surface area contributed by atoms with Gasteiger partial charge in [0.25, 0.3) is 0 Å². The first-order valence-electron chi connectivity index (χ1n) is 5.71.